The molecule has 21 heavy (non-hydrogen) atoms. The predicted octanol–water partition coefficient (Wildman–Crippen LogP) is 2.70. The summed E-state index contributed by atoms with van der Waals surface area (Å²) in [4.78, 5) is 8.62. The number of anilines is 1. The van der Waals surface area contributed by atoms with Crippen LogP contribution in [0, 0.1) is 13.8 Å². The summed E-state index contributed by atoms with van der Waals surface area (Å²) in [5.41, 5.74) is 8.92. The average molecular weight is 282 g/mol. The number of nitrogen functional groups attached to an aromatic ring is 1. The van der Waals surface area contributed by atoms with E-state index in [9.17, 15) is 5.11 Å². The molecule has 0 aliphatic rings. The Balaban J connectivity index is 2.06. The normalized spacial score (nSPS) is 10.8. The van der Waals surface area contributed by atoms with Crippen LogP contribution in [0.25, 0.3) is 22.8 Å². The van der Waals surface area contributed by atoms with Gasteiger partial charge in [0.25, 0.3) is 5.89 Å². The predicted molar refractivity (Wildman–Crippen MR) is 78.5 cm³/mol. The standard InChI is InChI=1S/C15H14N4O2/c1-8-6-10(7-9(2)17-8)14-18-15(21-19-14)11-4-3-5-12(16)13(11)20/h3-7,20H,16H2,1-2H3. The minimum Gasteiger partial charge on any atom is -0.505 e. The van der Waals surface area contributed by atoms with E-state index in [4.69, 9.17) is 10.3 Å². The number of aromatic hydroxyl groups is 1. The molecule has 106 valence electrons. The van der Waals surface area contributed by atoms with Crippen molar-refractivity contribution < 1.29 is 9.63 Å². The van der Waals surface area contributed by atoms with E-state index < -0.39 is 0 Å². The van der Waals surface area contributed by atoms with Gasteiger partial charge in [-0.1, -0.05) is 11.2 Å². The van der Waals surface area contributed by atoms with Gasteiger partial charge in [-0.25, -0.2) is 0 Å². The lowest BCUT2D eigenvalue weighted by molar-refractivity contribution is 0.426. The van der Waals surface area contributed by atoms with Crippen molar-refractivity contribution >= 4 is 5.69 Å². The second-order valence-corrected chi connectivity index (χ2v) is 4.81. The molecule has 2 heterocycles. The highest BCUT2D eigenvalue weighted by molar-refractivity contribution is 5.72. The zero-order valence-corrected chi connectivity index (χ0v) is 11.7. The molecule has 0 saturated heterocycles. The maximum Gasteiger partial charge on any atom is 0.262 e. The van der Waals surface area contributed by atoms with Crippen molar-refractivity contribution in [2.45, 2.75) is 13.8 Å². The van der Waals surface area contributed by atoms with Crippen LogP contribution in [0.2, 0.25) is 0 Å². The molecule has 3 aromatic rings. The van der Waals surface area contributed by atoms with Gasteiger partial charge < -0.3 is 15.4 Å². The van der Waals surface area contributed by atoms with Crippen molar-refractivity contribution in [2.75, 3.05) is 5.73 Å². The molecule has 0 aliphatic heterocycles. The van der Waals surface area contributed by atoms with Crippen LogP contribution in [0.1, 0.15) is 11.4 Å². The smallest absolute Gasteiger partial charge is 0.262 e. The zero-order valence-electron chi connectivity index (χ0n) is 11.7. The van der Waals surface area contributed by atoms with Crippen LogP contribution in [-0.4, -0.2) is 20.2 Å². The van der Waals surface area contributed by atoms with Crippen molar-refractivity contribution in [2.24, 2.45) is 0 Å². The lowest BCUT2D eigenvalue weighted by Crippen LogP contribution is -1.90. The van der Waals surface area contributed by atoms with Gasteiger partial charge in [0.15, 0.2) is 5.75 Å². The quantitative estimate of drug-likeness (QED) is 0.554. The number of phenols is 1. The minimum atomic E-state index is -0.0604. The number of aromatic nitrogens is 3. The first-order valence-electron chi connectivity index (χ1n) is 6.42. The van der Waals surface area contributed by atoms with Gasteiger partial charge >= 0.3 is 0 Å². The molecule has 0 unspecified atom stereocenters. The van der Waals surface area contributed by atoms with Crippen LogP contribution in [0.3, 0.4) is 0 Å². The molecular formula is C15H14N4O2. The molecule has 3 N–H and O–H groups in total. The van der Waals surface area contributed by atoms with E-state index in [1.54, 1.807) is 18.2 Å². The van der Waals surface area contributed by atoms with E-state index in [1.807, 2.05) is 26.0 Å². The first-order valence-corrected chi connectivity index (χ1v) is 6.42. The van der Waals surface area contributed by atoms with Gasteiger partial charge in [0.1, 0.15) is 0 Å². The largest absolute Gasteiger partial charge is 0.505 e. The summed E-state index contributed by atoms with van der Waals surface area (Å²) in [6.45, 7) is 3.81. The first kappa shape index (κ1) is 13.1. The third kappa shape index (κ3) is 2.43. The number of aryl methyl sites for hydroxylation is 2. The van der Waals surface area contributed by atoms with Crippen LogP contribution < -0.4 is 5.73 Å². The molecule has 0 atom stereocenters. The summed E-state index contributed by atoms with van der Waals surface area (Å²) >= 11 is 0. The van der Waals surface area contributed by atoms with Crippen molar-refractivity contribution in [3.63, 3.8) is 0 Å². The lowest BCUT2D eigenvalue weighted by atomic mass is 10.1. The molecule has 0 saturated carbocycles. The Morgan fingerprint density at radius 2 is 1.81 bits per heavy atom. The van der Waals surface area contributed by atoms with Crippen molar-refractivity contribution in [3.8, 4) is 28.6 Å². The molecule has 1 aromatic carbocycles. The summed E-state index contributed by atoms with van der Waals surface area (Å²) in [6.07, 6.45) is 0. The summed E-state index contributed by atoms with van der Waals surface area (Å²) in [7, 11) is 0. The Bertz CT molecular complexity index is 791. The fourth-order valence-corrected chi connectivity index (χ4v) is 2.15. The van der Waals surface area contributed by atoms with Gasteiger partial charge in [0.05, 0.1) is 11.3 Å². The summed E-state index contributed by atoms with van der Waals surface area (Å²) in [6, 6.07) is 8.74. The Morgan fingerprint density at radius 1 is 1.10 bits per heavy atom. The highest BCUT2D eigenvalue weighted by Gasteiger charge is 2.15. The average Bonchev–Trinajstić information content (AvgIpc) is 2.90. The summed E-state index contributed by atoms with van der Waals surface area (Å²) in [5.74, 6) is 0.608. The fourth-order valence-electron chi connectivity index (χ4n) is 2.15. The third-order valence-electron chi connectivity index (χ3n) is 3.06. The Labute approximate surface area is 121 Å². The summed E-state index contributed by atoms with van der Waals surface area (Å²) in [5, 5.41) is 13.9. The molecule has 2 aromatic heterocycles. The SMILES string of the molecule is Cc1cc(-c2noc(-c3cccc(N)c3O)n2)cc(C)n1. The molecule has 0 aliphatic carbocycles. The second kappa shape index (κ2) is 4.90. The third-order valence-corrected chi connectivity index (χ3v) is 3.06. The number of hydrogen-bond acceptors (Lipinski definition) is 6. The van der Waals surface area contributed by atoms with E-state index in [0.29, 0.717) is 11.4 Å². The van der Waals surface area contributed by atoms with Crippen LogP contribution in [0.15, 0.2) is 34.9 Å². The van der Waals surface area contributed by atoms with Gasteiger partial charge in [0.2, 0.25) is 5.82 Å². The monoisotopic (exact) mass is 282 g/mol. The number of nitrogens with two attached hydrogens (primary N) is 1. The maximum absolute atomic E-state index is 9.96. The van der Waals surface area contributed by atoms with Gasteiger partial charge in [0, 0.05) is 17.0 Å². The van der Waals surface area contributed by atoms with Gasteiger partial charge in [-0.05, 0) is 38.1 Å². The molecular weight excluding hydrogens is 268 g/mol. The highest BCUT2D eigenvalue weighted by Crippen LogP contribution is 2.33. The van der Waals surface area contributed by atoms with Crippen LogP contribution in [-0.2, 0) is 0 Å². The molecule has 0 fully saturated rings. The van der Waals surface area contributed by atoms with Gasteiger partial charge in [-0.3, -0.25) is 4.98 Å². The van der Waals surface area contributed by atoms with E-state index in [-0.39, 0.29) is 17.3 Å². The molecule has 6 heteroatoms. The highest BCUT2D eigenvalue weighted by atomic mass is 16.5. The van der Waals surface area contributed by atoms with Crippen molar-refractivity contribution in [1.82, 2.24) is 15.1 Å². The topological polar surface area (TPSA) is 98.1 Å². The number of pyridine rings is 1. The minimum absolute atomic E-state index is 0.0604. The fraction of sp³-hybridized carbons (Fsp3) is 0.133. The number of hydrogen-bond donors (Lipinski definition) is 2. The molecule has 0 bridgehead atoms. The van der Waals surface area contributed by atoms with E-state index in [2.05, 4.69) is 15.1 Å². The van der Waals surface area contributed by atoms with E-state index >= 15 is 0 Å². The van der Waals surface area contributed by atoms with Crippen LogP contribution in [0.4, 0.5) is 5.69 Å². The Kier molecular flexibility index (Phi) is 3.06. The number of rotatable bonds is 2. The first-order chi connectivity index (χ1) is 10.0. The number of phenolic OH excluding ortho intramolecular Hbond substituents is 1. The van der Waals surface area contributed by atoms with Crippen LogP contribution in [0.5, 0.6) is 5.75 Å². The summed E-state index contributed by atoms with van der Waals surface area (Å²) < 4.78 is 5.22. The molecule has 0 radical (unpaired) electrons. The van der Waals surface area contributed by atoms with E-state index in [0.717, 1.165) is 17.0 Å². The van der Waals surface area contributed by atoms with E-state index in [1.165, 1.54) is 0 Å². The molecule has 6 nitrogen and oxygen atoms in total. The van der Waals surface area contributed by atoms with Crippen LogP contribution >= 0.6 is 0 Å². The number of benzene rings is 1. The van der Waals surface area contributed by atoms with Crippen molar-refractivity contribution in [3.05, 3.63) is 41.7 Å². The number of nitrogens with zero attached hydrogens (tertiary/aromatic N) is 3. The molecule has 0 spiro atoms. The second-order valence-electron chi connectivity index (χ2n) is 4.81. The Morgan fingerprint density at radius 3 is 2.52 bits per heavy atom. The zero-order chi connectivity index (χ0) is 15.0. The molecule has 0 amide bonds. The van der Waals surface area contributed by atoms with Gasteiger partial charge in [-0.2, -0.15) is 4.98 Å². The maximum atomic E-state index is 9.96. The van der Waals surface area contributed by atoms with Crippen molar-refractivity contribution in [1.29, 1.82) is 0 Å². The Hall–Kier alpha value is -2.89. The number of para-hydroxylation sites is 1. The van der Waals surface area contributed by atoms with Gasteiger partial charge in [-0.15, -0.1) is 0 Å². The lowest BCUT2D eigenvalue weighted by Gasteiger charge is -2.01. The molecule has 3 rings (SSSR count).